The van der Waals surface area contributed by atoms with Gasteiger partial charge in [0.25, 0.3) is 5.91 Å². The maximum atomic E-state index is 14.5. The molecule has 0 aliphatic carbocycles. The number of aromatic amines is 1. The molecular weight excluding hydrogens is 380 g/mol. The number of pyridine rings is 1. The normalized spacial score (nSPS) is 10.7. The maximum absolute atomic E-state index is 14.5. The molecule has 2 heterocycles. The van der Waals surface area contributed by atoms with Crippen LogP contribution in [0.1, 0.15) is 10.4 Å². The van der Waals surface area contributed by atoms with Crippen LogP contribution >= 0.6 is 0 Å². The van der Waals surface area contributed by atoms with E-state index in [-0.39, 0.29) is 22.7 Å². The lowest BCUT2D eigenvalue weighted by Crippen LogP contribution is -2.15. The molecule has 0 bridgehead atoms. The lowest BCUT2D eigenvalue weighted by atomic mass is 10.1. The second-order valence-electron chi connectivity index (χ2n) is 6.07. The average Bonchev–Trinajstić information content (AvgIpc) is 3.19. The SMILES string of the molecule is COc1cccc(F)c1C(=O)Nc1ccc(Oc2ccnc3[nH]ccc23)c(F)c1. The quantitative estimate of drug-likeness (QED) is 0.504. The van der Waals surface area contributed by atoms with E-state index in [2.05, 4.69) is 15.3 Å². The Morgan fingerprint density at radius 1 is 1.03 bits per heavy atom. The van der Waals surface area contributed by atoms with Gasteiger partial charge in [0.05, 0.1) is 12.5 Å². The molecule has 0 atom stereocenters. The molecule has 2 aromatic heterocycles. The number of fused-ring (bicyclic) bond motifs is 1. The van der Waals surface area contributed by atoms with E-state index in [1.807, 2.05) is 0 Å². The average molecular weight is 395 g/mol. The molecule has 0 radical (unpaired) electrons. The van der Waals surface area contributed by atoms with Crippen LogP contribution in [0, 0.1) is 11.6 Å². The van der Waals surface area contributed by atoms with Crippen molar-refractivity contribution >= 4 is 22.6 Å². The van der Waals surface area contributed by atoms with Gasteiger partial charge in [-0.1, -0.05) is 6.07 Å². The monoisotopic (exact) mass is 395 g/mol. The lowest BCUT2D eigenvalue weighted by molar-refractivity contribution is 0.102. The van der Waals surface area contributed by atoms with Gasteiger partial charge >= 0.3 is 0 Å². The molecule has 29 heavy (non-hydrogen) atoms. The van der Waals surface area contributed by atoms with Crippen LogP contribution in [0.15, 0.2) is 60.9 Å². The largest absolute Gasteiger partial charge is 0.496 e. The van der Waals surface area contributed by atoms with E-state index in [9.17, 15) is 13.6 Å². The summed E-state index contributed by atoms with van der Waals surface area (Å²) in [4.78, 5) is 19.5. The number of ether oxygens (including phenoxy) is 2. The van der Waals surface area contributed by atoms with E-state index in [4.69, 9.17) is 9.47 Å². The van der Waals surface area contributed by atoms with Gasteiger partial charge in [-0.2, -0.15) is 0 Å². The van der Waals surface area contributed by atoms with Crippen LogP contribution in [0.5, 0.6) is 17.2 Å². The number of methoxy groups -OCH3 is 1. The summed E-state index contributed by atoms with van der Waals surface area (Å²) >= 11 is 0. The second kappa shape index (κ2) is 7.59. The number of carbonyl (C=O) groups is 1. The number of anilines is 1. The number of halogens is 2. The molecule has 0 saturated heterocycles. The first kappa shape index (κ1) is 18.4. The van der Waals surface area contributed by atoms with Crippen LogP contribution in [-0.4, -0.2) is 23.0 Å². The van der Waals surface area contributed by atoms with Crippen molar-refractivity contribution in [2.45, 2.75) is 0 Å². The smallest absolute Gasteiger partial charge is 0.262 e. The molecule has 0 spiro atoms. The summed E-state index contributed by atoms with van der Waals surface area (Å²) in [5.41, 5.74) is 0.500. The van der Waals surface area contributed by atoms with Crippen molar-refractivity contribution < 1.29 is 23.0 Å². The highest BCUT2D eigenvalue weighted by atomic mass is 19.1. The van der Waals surface area contributed by atoms with Crippen molar-refractivity contribution in [3.63, 3.8) is 0 Å². The predicted octanol–water partition coefficient (Wildman–Crippen LogP) is 4.89. The van der Waals surface area contributed by atoms with Crippen LogP contribution in [0.2, 0.25) is 0 Å². The minimum Gasteiger partial charge on any atom is -0.496 e. The van der Waals surface area contributed by atoms with Crippen molar-refractivity contribution in [3.05, 3.63) is 78.1 Å². The fourth-order valence-electron chi connectivity index (χ4n) is 2.89. The van der Waals surface area contributed by atoms with E-state index in [0.29, 0.717) is 16.8 Å². The number of benzene rings is 2. The molecule has 1 amide bonds. The summed E-state index contributed by atoms with van der Waals surface area (Å²) in [6.07, 6.45) is 3.25. The molecule has 0 unspecified atom stereocenters. The van der Waals surface area contributed by atoms with Crippen molar-refractivity contribution in [3.8, 4) is 17.2 Å². The van der Waals surface area contributed by atoms with Crippen molar-refractivity contribution in [2.75, 3.05) is 12.4 Å². The first-order valence-corrected chi connectivity index (χ1v) is 8.60. The summed E-state index contributed by atoms with van der Waals surface area (Å²) < 4.78 is 39.2. The molecule has 2 aromatic carbocycles. The third-order valence-corrected chi connectivity index (χ3v) is 4.25. The van der Waals surface area contributed by atoms with Gasteiger partial charge in [0.15, 0.2) is 11.6 Å². The molecule has 0 aliphatic heterocycles. The van der Waals surface area contributed by atoms with Gasteiger partial charge in [0.2, 0.25) is 0 Å². The third-order valence-electron chi connectivity index (χ3n) is 4.25. The van der Waals surface area contributed by atoms with Crippen LogP contribution < -0.4 is 14.8 Å². The molecule has 146 valence electrons. The number of aromatic nitrogens is 2. The first-order chi connectivity index (χ1) is 14.1. The van der Waals surface area contributed by atoms with Crippen molar-refractivity contribution in [1.29, 1.82) is 0 Å². The molecule has 2 N–H and O–H groups in total. The van der Waals surface area contributed by atoms with E-state index < -0.39 is 17.5 Å². The molecule has 4 rings (SSSR count). The molecule has 4 aromatic rings. The lowest BCUT2D eigenvalue weighted by Gasteiger charge is -2.12. The highest BCUT2D eigenvalue weighted by Gasteiger charge is 2.18. The number of nitrogens with zero attached hydrogens (tertiary/aromatic N) is 1. The number of hydrogen-bond acceptors (Lipinski definition) is 4. The standard InChI is InChI=1S/C21H15F2N3O3/c1-28-18-4-2-3-14(22)19(18)21(27)26-12-5-6-17(15(23)11-12)29-16-8-10-25-20-13(16)7-9-24-20/h2-11H,1H3,(H,24,25)(H,26,27). The Labute approximate surface area is 164 Å². The van der Waals surface area contributed by atoms with Gasteiger partial charge in [-0.05, 0) is 36.4 Å². The zero-order valence-electron chi connectivity index (χ0n) is 15.2. The minimum absolute atomic E-state index is 0.0276. The molecule has 8 heteroatoms. The van der Waals surface area contributed by atoms with Crippen molar-refractivity contribution in [2.24, 2.45) is 0 Å². The van der Waals surface area contributed by atoms with Gasteiger partial charge in [0.1, 0.15) is 28.5 Å². The van der Waals surface area contributed by atoms with E-state index in [1.54, 1.807) is 24.5 Å². The number of carbonyl (C=O) groups excluding carboxylic acids is 1. The van der Waals surface area contributed by atoms with E-state index in [0.717, 1.165) is 12.1 Å². The van der Waals surface area contributed by atoms with Crippen LogP contribution in [0.3, 0.4) is 0 Å². The van der Waals surface area contributed by atoms with Gasteiger partial charge in [-0.3, -0.25) is 4.79 Å². The molecule has 6 nitrogen and oxygen atoms in total. The Hall–Kier alpha value is -3.94. The van der Waals surface area contributed by atoms with Crippen LogP contribution in [0.4, 0.5) is 14.5 Å². The fourth-order valence-corrected chi connectivity index (χ4v) is 2.89. The zero-order chi connectivity index (χ0) is 20.4. The Morgan fingerprint density at radius 2 is 1.90 bits per heavy atom. The first-order valence-electron chi connectivity index (χ1n) is 8.60. The molecule has 0 fully saturated rings. The summed E-state index contributed by atoms with van der Waals surface area (Å²) in [7, 11) is 1.33. The van der Waals surface area contributed by atoms with E-state index >= 15 is 0 Å². The van der Waals surface area contributed by atoms with Gasteiger partial charge < -0.3 is 19.8 Å². The van der Waals surface area contributed by atoms with E-state index in [1.165, 1.54) is 31.4 Å². The third kappa shape index (κ3) is 3.60. The fraction of sp³-hybridized carbons (Fsp3) is 0.0476. The number of H-pyrrole nitrogens is 1. The topological polar surface area (TPSA) is 76.2 Å². The minimum atomic E-state index is -0.754. The van der Waals surface area contributed by atoms with Crippen LogP contribution in [0.25, 0.3) is 11.0 Å². The number of amides is 1. The van der Waals surface area contributed by atoms with Gasteiger partial charge in [0, 0.05) is 24.1 Å². The summed E-state index contributed by atoms with van der Waals surface area (Å²) in [6, 6.07) is 11.4. The second-order valence-corrected chi connectivity index (χ2v) is 6.07. The number of nitrogens with one attached hydrogen (secondary N) is 2. The Balaban J connectivity index is 1.56. The Morgan fingerprint density at radius 3 is 2.69 bits per heavy atom. The summed E-state index contributed by atoms with van der Waals surface area (Å²) in [5, 5.41) is 3.17. The summed E-state index contributed by atoms with van der Waals surface area (Å²) in [5.74, 6) is -1.70. The Kier molecular flexibility index (Phi) is 4.82. The predicted molar refractivity (Wildman–Crippen MR) is 103 cm³/mol. The highest BCUT2D eigenvalue weighted by molar-refractivity contribution is 6.06. The highest BCUT2D eigenvalue weighted by Crippen LogP contribution is 2.31. The molecule has 0 aliphatic rings. The molecule has 0 saturated carbocycles. The van der Waals surface area contributed by atoms with Crippen LogP contribution in [-0.2, 0) is 0 Å². The Bertz CT molecular complexity index is 1210. The maximum Gasteiger partial charge on any atom is 0.262 e. The van der Waals surface area contributed by atoms with Gasteiger partial charge in [-0.15, -0.1) is 0 Å². The number of hydrogen-bond donors (Lipinski definition) is 2. The molecular formula is C21H15F2N3O3. The zero-order valence-corrected chi connectivity index (χ0v) is 15.2. The van der Waals surface area contributed by atoms with Gasteiger partial charge in [-0.25, -0.2) is 13.8 Å². The van der Waals surface area contributed by atoms with Crippen molar-refractivity contribution in [1.82, 2.24) is 9.97 Å². The summed E-state index contributed by atoms with van der Waals surface area (Å²) in [6.45, 7) is 0. The number of rotatable bonds is 5.